The molecule has 2 amide bonds. The third-order valence-corrected chi connectivity index (χ3v) is 8.68. The molecule has 292 valence electrons. The van der Waals surface area contributed by atoms with Gasteiger partial charge in [0, 0.05) is 51.4 Å². The predicted octanol–water partition coefficient (Wildman–Crippen LogP) is 1.64. The van der Waals surface area contributed by atoms with Crippen LogP contribution in [0.2, 0.25) is 0 Å². The van der Waals surface area contributed by atoms with E-state index in [9.17, 15) is 14.4 Å². The highest BCUT2D eigenvalue weighted by molar-refractivity contribution is 5.84. The monoisotopic (exact) mass is 717 g/mol. The molecule has 6 saturated heterocycles. The van der Waals surface area contributed by atoms with Gasteiger partial charge in [0.05, 0.1) is 38.5 Å². The third kappa shape index (κ3) is 18.9. The quantitative estimate of drug-likeness (QED) is 0.283. The van der Waals surface area contributed by atoms with Gasteiger partial charge in [-0.2, -0.15) is 0 Å². The Kier molecular flexibility index (Phi) is 20.0. The van der Waals surface area contributed by atoms with Crippen molar-refractivity contribution in [3.05, 3.63) is 0 Å². The number of nitrogens with one attached hydrogen (secondary N) is 3. The number of aliphatic hydroxyl groups excluding tert-OH is 1. The van der Waals surface area contributed by atoms with Crippen molar-refractivity contribution in [2.75, 3.05) is 86.0 Å². The highest BCUT2D eigenvalue weighted by Gasteiger charge is 2.31. The molecule has 0 saturated carbocycles. The summed E-state index contributed by atoms with van der Waals surface area (Å²) in [6.07, 6.45) is 5.69. The van der Waals surface area contributed by atoms with Crippen LogP contribution in [-0.2, 0) is 28.5 Å². The van der Waals surface area contributed by atoms with Crippen molar-refractivity contribution in [2.24, 2.45) is 5.73 Å². The Bertz CT molecular complexity index is 957. The van der Waals surface area contributed by atoms with E-state index in [-0.39, 0.29) is 30.1 Å². The minimum atomic E-state index is -0.423. The summed E-state index contributed by atoms with van der Waals surface area (Å²) in [4.78, 5) is 37.8. The molecular formula is C35H68N6O9. The lowest BCUT2D eigenvalue weighted by molar-refractivity contribution is -0.140. The number of ether oxygens (including phenoxy) is 5. The number of rotatable bonds is 4. The number of alkyl carbamates (subject to hydrolysis) is 2. The number of Topliss-reactive ketones (excluding diaryl/α,β-unsaturated/α-hetero) is 1. The van der Waals surface area contributed by atoms with Gasteiger partial charge >= 0.3 is 12.2 Å². The maximum atomic E-state index is 11.6. The summed E-state index contributed by atoms with van der Waals surface area (Å²) >= 11 is 0. The summed E-state index contributed by atoms with van der Waals surface area (Å²) in [5.41, 5.74) is 4.97. The molecule has 6 heterocycles. The summed E-state index contributed by atoms with van der Waals surface area (Å²) < 4.78 is 25.3. The summed E-state index contributed by atoms with van der Waals surface area (Å²) in [5, 5.41) is 16.1. The van der Waals surface area contributed by atoms with Gasteiger partial charge in [-0.3, -0.25) is 14.6 Å². The van der Waals surface area contributed by atoms with Crippen molar-refractivity contribution in [3.8, 4) is 0 Å². The van der Waals surface area contributed by atoms with E-state index in [0.29, 0.717) is 31.3 Å². The smallest absolute Gasteiger partial charge is 0.407 e. The fraction of sp³-hybridized carbons (Fsp3) is 0.914. The first kappa shape index (κ1) is 44.1. The van der Waals surface area contributed by atoms with Crippen LogP contribution in [0.4, 0.5) is 9.59 Å². The lowest BCUT2D eigenvalue weighted by Crippen LogP contribution is -2.54. The van der Waals surface area contributed by atoms with Gasteiger partial charge in [0.25, 0.3) is 0 Å². The summed E-state index contributed by atoms with van der Waals surface area (Å²) in [6, 6.07) is 2.28. The number of ketones is 1. The van der Waals surface area contributed by atoms with E-state index in [1.807, 2.05) is 41.5 Å². The molecule has 15 heteroatoms. The van der Waals surface area contributed by atoms with Crippen molar-refractivity contribution >= 4 is 18.0 Å². The van der Waals surface area contributed by atoms with Crippen molar-refractivity contribution < 1.29 is 43.2 Å². The van der Waals surface area contributed by atoms with Crippen LogP contribution in [0.1, 0.15) is 80.1 Å². The molecule has 0 aliphatic carbocycles. The minimum absolute atomic E-state index is 0.213. The van der Waals surface area contributed by atoms with Crippen LogP contribution in [0.3, 0.4) is 0 Å². The summed E-state index contributed by atoms with van der Waals surface area (Å²) in [7, 11) is 1.00. The second-order valence-corrected chi connectivity index (χ2v) is 15.4. The zero-order valence-corrected chi connectivity index (χ0v) is 31.8. The van der Waals surface area contributed by atoms with Crippen molar-refractivity contribution in [1.82, 2.24) is 25.8 Å². The Morgan fingerprint density at radius 2 is 1.06 bits per heavy atom. The van der Waals surface area contributed by atoms with Crippen molar-refractivity contribution in [2.45, 2.75) is 121 Å². The number of carbonyl (C=O) groups excluding carboxylic acids is 3. The number of piperidine rings is 3. The molecule has 50 heavy (non-hydrogen) atoms. The number of hydrogen-bond donors (Lipinski definition) is 5. The molecule has 6 fully saturated rings. The Morgan fingerprint density at radius 3 is 1.36 bits per heavy atom. The Hall–Kier alpha value is -2.11. The molecule has 6 rings (SSSR count). The van der Waals surface area contributed by atoms with Gasteiger partial charge in [0.2, 0.25) is 0 Å². The van der Waals surface area contributed by atoms with E-state index in [0.717, 1.165) is 98.2 Å². The van der Waals surface area contributed by atoms with Gasteiger partial charge in [-0.05, 0) is 93.2 Å². The van der Waals surface area contributed by atoms with E-state index in [2.05, 4.69) is 30.5 Å². The third-order valence-electron chi connectivity index (χ3n) is 8.68. The topological polar surface area (TPSA) is 186 Å². The molecule has 6 aliphatic rings. The SMILES string of the molecule is CC(C)(C)OC(=O)NC1CCN(C2COC2)CC1.CC(C)(C)OC(=O)NC1CCNCC1.CO.NC1CCN(C2COC2)CC1.O=C1COC1. The zero-order valence-electron chi connectivity index (χ0n) is 31.8. The maximum absolute atomic E-state index is 11.6. The van der Waals surface area contributed by atoms with Crippen LogP contribution in [0.5, 0.6) is 0 Å². The average Bonchev–Trinajstić information content (AvgIpc) is 2.97. The largest absolute Gasteiger partial charge is 0.444 e. The molecule has 0 aromatic rings. The second-order valence-electron chi connectivity index (χ2n) is 15.4. The molecule has 0 bridgehead atoms. The lowest BCUT2D eigenvalue weighted by atomic mass is 10.0. The molecule has 0 unspecified atom stereocenters. The van der Waals surface area contributed by atoms with E-state index in [1.165, 1.54) is 13.1 Å². The standard InChI is InChI=1S/C13H24N2O3.C10H20N2O2.C8H16N2O.C3H4O2.CH4O/c1-13(2,3)18-12(16)14-10-4-6-15(7-5-10)11-8-17-9-11;1-10(2,3)14-9(13)12-8-4-6-11-7-5-8;9-7-1-3-10(4-2-7)8-5-11-6-8;4-3-1-5-2-3;1-2/h10-11H,4-9H2,1-3H3,(H,14,16);8,11H,4-7H2,1-3H3,(H,12,13);7-8H,1-6,9H2;1-2H2;2H,1H3. The van der Waals surface area contributed by atoms with Gasteiger partial charge < -0.3 is 50.5 Å². The molecule has 0 aromatic heterocycles. The van der Waals surface area contributed by atoms with Gasteiger partial charge in [-0.25, -0.2) is 9.59 Å². The number of aliphatic hydroxyl groups is 1. The second kappa shape index (κ2) is 22.7. The Morgan fingerprint density at radius 1 is 0.700 bits per heavy atom. The van der Waals surface area contributed by atoms with E-state index in [4.69, 9.17) is 29.8 Å². The van der Waals surface area contributed by atoms with Crippen LogP contribution >= 0.6 is 0 Å². The maximum Gasteiger partial charge on any atom is 0.407 e. The molecule has 0 aromatic carbocycles. The molecule has 0 radical (unpaired) electrons. The number of carbonyl (C=O) groups is 3. The fourth-order valence-electron chi connectivity index (χ4n) is 5.66. The normalized spacial score (nSPS) is 22.8. The zero-order chi connectivity index (χ0) is 37.2. The predicted molar refractivity (Wildman–Crippen MR) is 191 cm³/mol. The van der Waals surface area contributed by atoms with Crippen molar-refractivity contribution in [3.63, 3.8) is 0 Å². The Balaban J connectivity index is 0.000000242. The van der Waals surface area contributed by atoms with Crippen LogP contribution in [0.25, 0.3) is 0 Å². The number of amides is 2. The van der Waals surface area contributed by atoms with Crippen LogP contribution < -0.4 is 21.7 Å². The minimum Gasteiger partial charge on any atom is -0.444 e. The van der Waals surface area contributed by atoms with Gasteiger partial charge in [0.15, 0.2) is 5.78 Å². The lowest BCUT2D eigenvalue weighted by Gasteiger charge is -2.41. The summed E-state index contributed by atoms with van der Waals surface area (Å²) in [5.74, 6) is 0.213. The Labute approximate surface area is 299 Å². The van der Waals surface area contributed by atoms with Crippen LogP contribution in [0, 0.1) is 0 Å². The summed E-state index contributed by atoms with van der Waals surface area (Å²) in [6.45, 7) is 21.9. The molecule has 0 atom stereocenters. The molecular weight excluding hydrogens is 648 g/mol. The van der Waals surface area contributed by atoms with Crippen molar-refractivity contribution in [1.29, 1.82) is 0 Å². The van der Waals surface area contributed by atoms with Gasteiger partial charge in [0.1, 0.15) is 24.4 Å². The van der Waals surface area contributed by atoms with Crippen LogP contribution in [-0.4, -0.2) is 160 Å². The van der Waals surface area contributed by atoms with Gasteiger partial charge in [-0.15, -0.1) is 0 Å². The molecule has 0 spiro atoms. The number of nitrogens with two attached hydrogens (primary N) is 1. The van der Waals surface area contributed by atoms with Crippen LogP contribution in [0.15, 0.2) is 0 Å². The highest BCUT2D eigenvalue weighted by atomic mass is 16.6. The van der Waals surface area contributed by atoms with Gasteiger partial charge in [-0.1, -0.05) is 0 Å². The number of hydrogen-bond acceptors (Lipinski definition) is 13. The van der Waals surface area contributed by atoms with E-state index >= 15 is 0 Å². The first-order chi connectivity index (χ1) is 23.7. The first-order valence-electron chi connectivity index (χ1n) is 18.3. The average molecular weight is 717 g/mol. The number of nitrogens with zero attached hydrogens (tertiary/aromatic N) is 2. The molecule has 6 N–H and O–H groups in total. The van der Waals surface area contributed by atoms with E-state index in [1.54, 1.807) is 0 Å². The van der Waals surface area contributed by atoms with E-state index < -0.39 is 11.2 Å². The molecule has 15 nitrogen and oxygen atoms in total. The number of likely N-dealkylation sites (tertiary alicyclic amines) is 2. The fourth-order valence-corrected chi connectivity index (χ4v) is 5.66. The highest BCUT2D eigenvalue weighted by Crippen LogP contribution is 2.19. The molecule has 6 aliphatic heterocycles. The first-order valence-corrected chi connectivity index (χ1v) is 18.3.